The molecule has 1 heteroatoms. The van der Waals surface area contributed by atoms with Crippen molar-refractivity contribution in [3.63, 3.8) is 0 Å². The predicted molar refractivity (Wildman–Crippen MR) is 85.3 cm³/mol. The summed E-state index contributed by atoms with van der Waals surface area (Å²) in [4.78, 5) is 0. The summed E-state index contributed by atoms with van der Waals surface area (Å²) in [6.45, 7) is 13.0. The van der Waals surface area contributed by atoms with Crippen LogP contribution in [0.15, 0.2) is 43.0 Å². The molecule has 1 aromatic rings. The molecule has 1 rings (SSSR count). The minimum Gasteiger partial charge on any atom is -0.307 e. The smallest absolute Gasteiger partial charge is 0.0327 e. The number of rotatable bonds is 7. The van der Waals surface area contributed by atoms with Crippen LogP contribution in [-0.4, -0.2) is 6.04 Å². The molecule has 2 atom stereocenters. The summed E-state index contributed by atoms with van der Waals surface area (Å²) in [6, 6.07) is 11.7. The Morgan fingerprint density at radius 1 is 1.21 bits per heavy atom. The summed E-state index contributed by atoms with van der Waals surface area (Å²) < 4.78 is 0. The minimum atomic E-state index is 0.325. The minimum absolute atomic E-state index is 0.325. The van der Waals surface area contributed by atoms with Crippen LogP contribution in [0.4, 0.5) is 0 Å². The summed E-state index contributed by atoms with van der Waals surface area (Å²) in [5.74, 6) is 0. The molecule has 0 spiro atoms. The Labute approximate surface area is 119 Å². The fraction of sp³-hybridized carbons (Fsp3) is 0.556. The molecule has 0 heterocycles. The van der Waals surface area contributed by atoms with Gasteiger partial charge in [0.1, 0.15) is 0 Å². The van der Waals surface area contributed by atoms with Crippen molar-refractivity contribution in [1.82, 2.24) is 5.32 Å². The zero-order valence-electron chi connectivity index (χ0n) is 12.9. The molecule has 2 unspecified atom stereocenters. The first kappa shape index (κ1) is 16.0. The molecule has 0 amide bonds. The van der Waals surface area contributed by atoms with E-state index in [1.54, 1.807) is 0 Å². The van der Waals surface area contributed by atoms with Gasteiger partial charge in [0, 0.05) is 12.1 Å². The molecule has 1 N–H and O–H groups in total. The van der Waals surface area contributed by atoms with Gasteiger partial charge in [-0.1, -0.05) is 57.2 Å². The molecule has 0 aliphatic carbocycles. The Morgan fingerprint density at radius 3 is 2.37 bits per heavy atom. The van der Waals surface area contributed by atoms with Crippen LogP contribution in [0.25, 0.3) is 0 Å². The Morgan fingerprint density at radius 2 is 1.84 bits per heavy atom. The zero-order chi connectivity index (χ0) is 14.3. The molecule has 1 nitrogen and oxygen atoms in total. The van der Waals surface area contributed by atoms with Gasteiger partial charge >= 0.3 is 0 Å². The van der Waals surface area contributed by atoms with Crippen molar-refractivity contribution >= 4 is 0 Å². The topological polar surface area (TPSA) is 12.0 Å². The number of nitrogens with one attached hydrogen (secondary N) is 1. The van der Waals surface area contributed by atoms with E-state index in [-0.39, 0.29) is 0 Å². The fourth-order valence-electron chi connectivity index (χ4n) is 2.37. The van der Waals surface area contributed by atoms with E-state index < -0.39 is 0 Å². The van der Waals surface area contributed by atoms with Crippen molar-refractivity contribution in [1.29, 1.82) is 0 Å². The largest absolute Gasteiger partial charge is 0.307 e. The van der Waals surface area contributed by atoms with Crippen LogP contribution in [0.3, 0.4) is 0 Å². The lowest BCUT2D eigenvalue weighted by Crippen LogP contribution is -2.32. The first-order chi connectivity index (χ1) is 8.92. The fourth-order valence-corrected chi connectivity index (χ4v) is 2.37. The third-order valence-corrected chi connectivity index (χ3v) is 3.31. The molecule has 0 aliphatic rings. The molecule has 0 aromatic heterocycles. The highest BCUT2D eigenvalue weighted by Gasteiger charge is 2.21. The third kappa shape index (κ3) is 6.58. The Kier molecular flexibility index (Phi) is 6.30. The lowest BCUT2D eigenvalue weighted by Gasteiger charge is -2.30. The van der Waals surface area contributed by atoms with Gasteiger partial charge < -0.3 is 5.32 Å². The van der Waals surface area contributed by atoms with Crippen LogP contribution in [0.1, 0.15) is 58.6 Å². The van der Waals surface area contributed by atoms with Crippen LogP contribution < -0.4 is 5.32 Å². The number of hydrogen-bond acceptors (Lipinski definition) is 1. The van der Waals surface area contributed by atoms with E-state index in [0.29, 0.717) is 17.5 Å². The average molecular weight is 259 g/mol. The Balaban J connectivity index is 2.73. The normalized spacial score (nSPS) is 14.9. The van der Waals surface area contributed by atoms with Crippen molar-refractivity contribution in [2.45, 2.75) is 59.0 Å². The van der Waals surface area contributed by atoms with Crippen LogP contribution in [0.5, 0.6) is 0 Å². The Hall–Kier alpha value is -1.08. The van der Waals surface area contributed by atoms with E-state index in [1.165, 1.54) is 5.56 Å². The summed E-state index contributed by atoms with van der Waals surface area (Å²) in [5, 5.41) is 3.78. The maximum atomic E-state index is 3.80. The number of benzene rings is 1. The first-order valence-electron chi connectivity index (χ1n) is 7.34. The van der Waals surface area contributed by atoms with Crippen molar-refractivity contribution in [3.05, 3.63) is 48.6 Å². The molecule has 0 fully saturated rings. The SMILES string of the molecule is C=CCCC(C)NC(CC(C)(C)C)c1ccccc1. The zero-order valence-corrected chi connectivity index (χ0v) is 12.9. The summed E-state index contributed by atoms with van der Waals surface area (Å²) >= 11 is 0. The lowest BCUT2D eigenvalue weighted by molar-refractivity contribution is 0.293. The molecule has 0 radical (unpaired) electrons. The van der Waals surface area contributed by atoms with Gasteiger partial charge in [-0.2, -0.15) is 0 Å². The predicted octanol–water partition coefficient (Wildman–Crippen LogP) is 5.11. The van der Waals surface area contributed by atoms with E-state index in [0.717, 1.165) is 19.3 Å². The van der Waals surface area contributed by atoms with Crippen LogP contribution in [-0.2, 0) is 0 Å². The molecule has 0 bridgehead atoms. The van der Waals surface area contributed by atoms with E-state index in [9.17, 15) is 0 Å². The third-order valence-electron chi connectivity index (χ3n) is 3.31. The van der Waals surface area contributed by atoms with Gasteiger partial charge in [0.05, 0.1) is 0 Å². The van der Waals surface area contributed by atoms with Gasteiger partial charge in [-0.05, 0) is 37.2 Å². The van der Waals surface area contributed by atoms with Crippen LogP contribution in [0, 0.1) is 5.41 Å². The molecular formula is C18H29N. The molecule has 1 aromatic carbocycles. The van der Waals surface area contributed by atoms with E-state index in [4.69, 9.17) is 0 Å². The van der Waals surface area contributed by atoms with Gasteiger partial charge in [0.15, 0.2) is 0 Å². The van der Waals surface area contributed by atoms with Crippen LogP contribution in [0.2, 0.25) is 0 Å². The number of hydrogen-bond donors (Lipinski definition) is 1. The molecular weight excluding hydrogens is 230 g/mol. The van der Waals surface area contributed by atoms with Crippen molar-refractivity contribution in [2.75, 3.05) is 0 Å². The number of allylic oxidation sites excluding steroid dienone is 1. The second kappa shape index (κ2) is 7.49. The highest BCUT2D eigenvalue weighted by molar-refractivity contribution is 5.19. The molecule has 0 aliphatic heterocycles. The van der Waals surface area contributed by atoms with Gasteiger partial charge in [0.2, 0.25) is 0 Å². The highest BCUT2D eigenvalue weighted by Crippen LogP contribution is 2.29. The maximum absolute atomic E-state index is 3.80. The monoisotopic (exact) mass is 259 g/mol. The van der Waals surface area contributed by atoms with Crippen LogP contribution >= 0.6 is 0 Å². The molecule has 0 saturated carbocycles. The molecule has 19 heavy (non-hydrogen) atoms. The summed E-state index contributed by atoms with van der Waals surface area (Å²) in [6.07, 6.45) is 5.37. The lowest BCUT2D eigenvalue weighted by atomic mass is 9.85. The summed E-state index contributed by atoms with van der Waals surface area (Å²) in [7, 11) is 0. The summed E-state index contributed by atoms with van der Waals surface area (Å²) in [5.41, 5.74) is 1.72. The van der Waals surface area contributed by atoms with E-state index >= 15 is 0 Å². The van der Waals surface area contributed by atoms with Crippen molar-refractivity contribution < 1.29 is 0 Å². The van der Waals surface area contributed by atoms with E-state index in [2.05, 4.69) is 69.9 Å². The van der Waals surface area contributed by atoms with Gasteiger partial charge in [0.25, 0.3) is 0 Å². The average Bonchev–Trinajstić information content (AvgIpc) is 2.35. The van der Waals surface area contributed by atoms with Gasteiger partial charge in [-0.15, -0.1) is 6.58 Å². The van der Waals surface area contributed by atoms with Gasteiger partial charge in [-0.3, -0.25) is 0 Å². The van der Waals surface area contributed by atoms with E-state index in [1.807, 2.05) is 6.08 Å². The van der Waals surface area contributed by atoms with Crippen molar-refractivity contribution in [2.24, 2.45) is 5.41 Å². The molecule has 106 valence electrons. The maximum Gasteiger partial charge on any atom is 0.0327 e. The van der Waals surface area contributed by atoms with Crippen molar-refractivity contribution in [3.8, 4) is 0 Å². The Bertz CT molecular complexity index is 361. The second-order valence-electron chi connectivity index (χ2n) is 6.66. The van der Waals surface area contributed by atoms with Gasteiger partial charge in [-0.25, -0.2) is 0 Å². The highest BCUT2D eigenvalue weighted by atomic mass is 14.9. The standard InChI is InChI=1S/C18H29N/c1-6-7-11-15(2)19-17(14-18(3,4)5)16-12-9-8-10-13-16/h6,8-10,12-13,15,17,19H,1,7,11,14H2,2-5H3. The second-order valence-corrected chi connectivity index (χ2v) is 6.66. The molecule has 0 saturated heterocycles. The quantitative estimate of drug-likeness (QED) is 0.671. The first-order valence-corrected chi connectivity index (χ1v) is 7.34.